The topological polar surface area (TPSA) is 64.5 Å². The average molecular weight is 775 g/mol. The molecule has 2 aliphatic rings. The highest BCUT2D eigenvalue weighted by atomic mass is 15.4. The van der Waals surface area contributed by atoms with Gasteiger partial charge in [0.25, 0.3) is 0 Å². The Morgan fingerprint density at radius 3 is 0.900 bits per heavy atom. The van der Waals surface area contributed by atoms with Gasteiger partial charge in [-0.1, -0.05) is 91.0 Å². The molecule has 9 aromatic rings. The Bertz CT molecular complexity index is 2650. The summed E-state index contributed by atoms with van der Waals surface area (Å²) in [5.41, 5.74) is 16.7. The minimum atomic E-state index is 0.597. The van der Waals surface area contributed by atoms with Crippen molar-refractivity contribution in [2.75, 3.05) is 32.9 Å². The van der Waals surface area contributed by atoms with E-state index in [1.165, 1.54) is 0 Å². The average Bonchev–Trinajstić information content (AvgIpc) is 3.92. The van der Waals surface area contributed by atoms with Crippen LogP contribution in [0.5, 0.6) is 0 Å². The number of para-hydroxylation sites is 6. The Morgan fingerprint density at radius 1 is 0.283 bits per heavy atom. The van der Waals surface area contributed by atoms with Gasteiger partial charge in [0.05, 0.1) is 56.9 Å². The minimum Gasteiger partial charge on any atom is -0.321 e. The molecule has 5 aromatic carbocycles. The standard InChI is InChI=1S/C52H38N8/c1-3-28-49-47(26-1)57(35-59(49)51-39(43-22-5-9-30-53-43)18-14-19-40(51)44-23-6-10-31-54-44)37-16-13-17-38(34-37)58-36-60(50-29-4-2-27-48(50)58)52-41(45-24-7-11-32-55-45)20-15-21-42(52)46-25-8-12-33-56-46/h1-34H,35-36H2. The predicted molar refractivity (Wildman–Crippen MR) is 243 cm³/mol. The van der Waals surface area contributed by atoms with Crippen molar-refractivity contribution in [3.63, 3.8) is 0 Å². The lowest BCUT2D eigenvalue weighted by atomic mass is 9.99. The van der Waals surface area contributed by atoms with Crippen LogP contribution in [0.4, 0.5) is 45.5 Å². The largest absolute Gasteiger partial charge is 0.321 e. The number of rotatable bonds is 8. The highest BCUT2D eigenvalue weighted by molar-refractivity contribution is 5.99. The summed E-state index contributed by atoms with van der Waals surface area (Å²) in [5.74, 6) is 0. The first-order valence-electron chi connectivity index (χ1n) is 20.1. The van der Waals surface area contributed by atoms with Crippen molar-refractivity contribution in [1.29, 1.82) is 0 Å². The molecule has 0 unspecified atom stereocenters. The molecule has 11 rings (SSSR count). The van der Waals surface area contributed by atoms with Crippen molar-refractivity contribution in [3.05, 3.63) is 207 Å². The van der Waals surface area contributed by atoms with Crippen LogP contribution in [0.1, 0.15) is 0 Å². The van der Waals surface area contributed by atoms with Crippen LogP contribution >= 0.6 is 0 Å². The molecule has 0 N–H and O–H groups in total. The zero-order valence-corrected chi connectivity index (χ0v) is 32.6. The van der Waals surface area contributed by atoms with Gasteiger partial charge in [0, 0.05) is 58.4 Å². The third-order valence-electron chi connectivity index (χ3n) is 11.3. The van der Waals surface area contributed by atoms with E-state index in [9.17, 15) is 0 Å². The zero-order chi connectivity index (χ0) is 39.8. The number of hydrogen-bond acceptors (Lipinski definition) is 8. The summed E-state index contributed by atoms with van der Waals surface area (Å²) in [6, 6.07) is 63.4. The first-order chi connectivity index (χ1) is 29.8. The SMILES string of the molecule is c1ccc(-c2cccc(-c3ccccn3)c2N2CN(c3cccc(N4CN(c5c(-c6ccccn6)cccc5-c5ccccn5)c5ccccc54)c3)c3ccccc32)nc1. The summed E-state index contributed by atoms with van der Waals surface area (Å²) in [6.45, 7) is 1.19. The number of anilines is 8. The van der Waals surface area contributed by atoms with Crippen molar-refractivity contribution in [1.82, 2.24) is 19.9 Å². The fraction of sp³-hybridized carbons (Fsp3) is 0.0385. The normalized spacial score (nSPS) is 13.1. The lowest BCUT2D eigenvalue weighted by Gasteiger charge is -2.28. The number of nitrogens with zero attached hydrogens (tertiary/aromatic N) is 8. The summed E-state index contributed by atoms with van der Waals surface area (Å²) in [5, 5.41) is 0. The van der Waals surface area contributed by atoms with Gasteiger partial charge in [-0.3, -0.25) is 19.9 Å². The third-order valence-corrected chi connectivity index (χ3v) is 11.3. The second-order valence-electron chi connectivity index (χ2n) is 14.8. The molecule has 8 nitrogen and oxygen atoms in total. The van der Waals surface area contributed by atoms with Crippen LogP contribution < -0.4 is 19.6 Å². The lowest BCUT2D eigenvalue weighted by molar-refractivity contribution is 0.978. The molecule has 0 atom stereocenters. The van der Waals surface area contributed by atoms with E-state index in [4.69, 9.17) is 19.9 Å². The summed E-state index contributed by atoms with van der Waals surface area (Å²) in [6.07, 6.45) is 7.43. The molecule has 0 bridgehead atoms. The predicted octanol–water partition coefficient (Wildman–Crippen LogP) is 12.4. The number of hydrogen-bond donors (Lipinski definition) is 0. The summed E-state index contributed by atoms with van der Waals surface area (Å²) in [4.78, 5) is 28.9. The van der Waals surface area contributed by atoms with Gasteiger partial charge in [-0.15, -0.1) is 0 Å². The zero-order valence-electron chi connectivity index (χ0n) is 32.6. The highest BCUT2D eigenvalue weighted by Crippen LogP contribution is 2.52. The van der Waals surface area contributed by atoms with Crippen LogP contribution in [0.25, 0.3) is 45.0 Å². The fourth-order valence-electron chi connectivity index (χ4n) is 8.67. The molecule has 0 saturated heterocycles. The molecule has 286 valence electrons. The maximum Gasteiger partial charge on any atom is 0.100 e. The minimum absolute atomic E-state index is 0.597. The van der Waals surface area contributed by atoms with Crippen LogP contribution in [0.3, 0.4) is 0 Å². The van der Waals surface area contributed by atoms with Gasteiger partial charge >= 0.3 is 0 Å². The van der Waals surface area contributed by atoms with Crippen molar-refractivity contribution in [2.45, 2.75) is 0 Å². The quantitative estimate of drug-likeness (QED) is 0.151. The first kappa shape index (κ1) is 35.1. The second kappa shape index (κ2) is 15.0. The van der Waals surface area contributed by atoms with E-state index in [1.807, 2.05) is 73.3 Å². The van der Waals surface area contributed by atoms with E-state index in [0.717, 1.165) is 90.5 Å². The van der Waals surface area contributed by atoms with Crippen molar-refractivity contribution >= 4 is 45.5 Å². The molecule has 0 amide bonds. The molecule has 8 heteroatoms. The second-order valence-corrected chi connectivity index (χ2v) is 14.8. The molecule has 0 saturated carbocycles. The number of aromatic nitrogens is 4. The van der Waals surface area contributed by atoms with Crippen LogP contribution in [-0.2, 0) is 0 Å². The van der Waals surface area contributed by atoms with E-state index in [-0.39, 0.29) is 0 Å². The molecule has 0 fully saturated rings. The molecular formula is C52H38N8. The van der Waals surface area contributed by atoms with Crippen molar-refractivity contribution in [3.8, 4) is 45.0 Å². The summed E-state index contributed by atoms with van der Waals surface area (Å²) < 4.78 is 0. The van der Waals surface area contributed by atoms with Gasteiger partial charge in [0.2, 0.25) is 0 Å². The van der Waals surface area contributed by atoms with E-state index in [1.54, 1.807) is 0 Å². The molecule has 60 heavy (non-hydrogen) atoms. The monoisotopic (exact) mass is 774 g/mol. The van der Waals surface area contributed by atoms with Gasteiger partial charge in [0.1, 0.15) is 13.3 Å². The number of pyridine rings is 4. The Hall–Kier alpha value is -8.10. The van der Waals surface area contributed by atoms with Gasteiger partial charge in [-0.2, -0.15) is 0 Å². The van der Waals surface area contributed by atoms with E-state index in [2.05, 4.69) is 153 Å². The Morgan fingerprint density at radius 2 is 0.583 bits per heavy atom. The van der Waals surface area contributed by atoms with Crippen LogP contribution in [-0.4, -0.2) is 33.3 Å². The fourth-order valence-corrected chi connectivity index (χ4v) is 8.67. The van der Waals surface area contributed by atoms with Crippen molar-refractivity contribution < 1.29 is 0 Å². The molecule has 2 aliphatic heterocycles. The Labute approximate surface area is 349 Å². The molecular weight excluding hydrogens is 737 g/mol. The van der Waals surface area contributed by atoms with Crippen molar-refractivity contribution in [2.24, 2.45) is 0 Å². The lowest BCUT2D eigenvalue weighted by Crippen LogP contribution is -2.26. The molecule has 0 spiro atoms. The van der Waals surface area contributed by atoms with E-state index >= 15 is 0 Å². The van der Waals surface area contributed by atoms with Crippen LogP contribution in [0, 0.1) is 0 Å². The maximum atomic E-state index is 4.82. The molecule has 0 radical (unpaired) electrons. The van der Waals surface area contributed by atoms with Crippen LogP contribution in [0.2, 0.25) is 0 Å². The smallest absolute Gasteiger partial charge is 0.100 e. The summed E-state index contributed by atoms with van der Waals surface area (Å²) in [7, 11) is 0. The van der Waals surface area contributed by atoms with E-state index in [0.29, 0.717) is 13.3 Å². The van der Waals surface area contributed by atoms with Gasteiger partial charge < -0.3 is 19.6 Å². The maximum absolute atomic E-state index is 4.82. The third kappa shape index (κ3) is 6.10. The Balaban J connectivity index is 1.01. The van der Waals surface area contributed by atoms with Crippen LogP contribution in [0.15, 0.2) is 207 Å². The highest BCUT2D eigenvalue weighted by Gasteiger charge is 2.34. The number of fused-ring (bicyclic) bond motifs is 2. The van der Waals surface area contributed by atoms with Gasteiger partial charge in [0.15, 0.2) is 0 Å². The van der Waals surface area contributed by atoms with Gasteiger partial charge in [-0.25, -0.2) is 0 Å². The summed E-state index contributed by atoms with van der Waals surface area (Å²) >= 11 is 0. The molecule has 0 aliphatic carbocycles. The first-order valence-corrected chi connectivity index (χ1v) is 20.1. The van der Waals surface area contributed by atoms with E-state index < -0.39 is 0 Å². The molecule has 6 heterocycles. The van der Waals surface area contributed by atoms with Gasteiger partial charge in [-0.05, 0) is 91.0 Å². The Kier molecular flexibility index (Phi) is 8.78. The number of benzene rings is 5. The molecule has 4 aromatic heterocycles.